The summed E-state index contributed by atoms with van der Waals surface area (Å²) >= 11 is 0. The number of para-hydroxylation sites is 1. The van der Waals surface area contributed by atoms with Gasteiger partial charge in [0.2, 0.25) is 0 Å². The van der Waals surface area contributed by atoms with Crippen LogP contribution in [-0.4, -0.2) is 87.4 Å². The molecule has 0 spiro atoms. The van der Waals surface area contributed by atoms with Gasteiger partial charge in [0.05, 0.1) is 0 Å². The predicted molar refractivity (Wildman–Crippen MR) is 131 cm³/mol. The maximum absolute atomic E-state index is 5.69. The summed E-state index contributed by atoms with van der Waals surface area (Å²) in [5, 5.41) is 3.74. The van der Waals surface area contributed by atoms with E-state index in [1.807, 2.05) is 7.05 Å². The monoisotopic (exact) mass is 513 g/mol. The van der Waals surface area contributed by atoms with Crippen molar-refractivity contribution in [1.29, 1.82) is 0 Å². The third-order valence-electron chi connectivity index (χ3n) is 6.69. The number of piperazine rings is 1. The van der Waals surface area contributed by atoms with E-state index >= 15 is 0 Å². The zero-order valence-corrected chi connectivity index (χ0v) is 20.0. The Morgan fingerprint density at radius 2 is 1.66 bits per heavy atom. The van der Waals surface area contributed by atoms with E-state index in [4.69, 9.17) is 4.74 Å². The molecule has 0 saturated carbocycles. The van der Waals surface area contributed by atoms with Gasteiger partial charge >= 0.3 is 0 Å². The first-order valence-electron chi connectivity index (χ1n) is 10.9. The van der Waals surface area contributed by atoms with E-state index in [0.717, 1.165) is 64.7 Å². The lowest BCUT2D eigenvalue weighted by Gasteiger charge is -2.45. The lowest BCUT2D eigenvalue weighted by Crippen LogP contribution is -2.60. The van der Waals surface area contributed by atoms with Crippen molar-refractivity contribution < 1.29 is 4.74 Å². The number of nitrogens with zero attached hydrogens (tertiary/aromatic N) is 4. The highest BCUT2D eigenvalue weighted by atomic mass is 127. The molecule has 0 unspecified atom stereocenters. The summed E-state index contributed by atoms with van der Waals surface area (Å²) in [6, 6.07) is 10.7. The Morgan fingerprint density at radius 1 is 1.00 bits per heavy atom. The molecule has 0 radical (unpaired) electrons. The Bertz CT molecular complexity index is 636. The van der Waals surface area contributed by atoms with Crippen molar-refractivity contribution in [1.82, 2.24) is 15.1 Å². The number of hydrogen-bond acceptors (Lipinski definition) is 4. The number of likely N-dealkylation sites (tertiary alicyclic amines) is 1. The number of hydrogen-bond donors (Lipinski definition) is 1. The largest absolute Gasteiger partial charge is 0.381 e. The molecule has 3 aliphatic heterocycles. The Balaban J connectivity index is 0.00000240. The van der Waals surface area contributed by atoms with Crippen molar-refractivity contribution in [3.63, 3.8) is 0 Å². The first-order valence-corrected chi connectivity index (χ1v) is 10.9. The Hall–Kier alpha value is -1.06. The second-order valence-electron chi connectivity index (χ2n) is 8.24. The van der Waals surface area contributed by atoms with Crippen LogP contribution in [0, 0.1) is 0 Å². The molecule has 1 aromatic rings. The minimum Gasteiger partial charge on any atom is -0.381 e. The molecule has 29 heavy (non-hydrogen) atoms. The van der Waals surface area contributed by atoms with Crippen LogP contribution in [0.4, 0.5) is 5.69 Å². The van der Waals surface area contributed by atoms with Crippen molar-refractivity contribution in [2.75, 3.05) is 71.0 Å². The van der Waals surface area contributed by atoms with Crippen molar-refractivity contribution in [2.45, 2.75) is 31.2 Å². The third kappa shape index (κ3) is 5.35. The SMILES string of the molecule is CN=C(NCC1(N2CCCC2)CCOCC1)N1CCN(c2ccccc2)CC1.I. The first-order chi connectivity index (χ1) is 13.8. The molecule has 0 aromatic heterocycles. The second-order valence-corrected chi connectivity index (χ2v) is 8.24. The number of rotatable bonds is 4. The first kappa shape index (κ1) is 22.6. The molecule has 1 N–H and O–H groups in total. The van der Waals surface area contributed by atoms with Gasteiger partial charge < -0.3 is 19.9 Å². The van der Waals surface area contributed by atoms with Crippen LogP contribution in [0.3, 0.4) is 0 Å². The van der Waals surface area contributed by atoms with E-state index < -0.39 is 0 Å². The zero-order chi connectivity index (χ0) is 19.2. The van der Waals surface area contributed by atoms with Crippen LogP contribution in [0.5, 0.6) is 0 Å². The molecule has 0 aliphatic carbocycles. The topological polar surface area (TPSA) is 43.3 Å². The van der Waals surface area contributed by atoms with Crippen molar-refractivity contribution in [3.8, 4) is 0 Å². The van der Waals surface area contributed by atoms with Crippen molar-refractivity contribution in [2.24, 2.45) is 4.99 Å². The third-order valence-corrected chi connectivity index (χ3v) is 6.69. The van der Waals surface area contributed by atoms with E-state index in [1.165, 1.54) is 31.6 Å². The number of anilines is 1. The Labute approximate surface area is 192 Å². The molecule has 1 aromatic carbocycles. The van der Waals surface area contributed by atoms with Gasteiger partial charge in [-0.1, -0.05) is 18.2 Å². The van der Waals surface area contributed by atoms with Gasteiger partial charge in [-0.3, -0.25) is 9.89 Å². The summed E-state index contributed by atoms with van der Waals surface area (Å²) in [6.07, 6.45) is 4.91. The fraction of sp³-hybridized carbons (Fsp3) is 0.682. The molecule has 3 aliphatic rings. The van der Waals surface area contributed by atoms with Crippen LogP contribution in [0.25, 0.3) is 0 Å². The Morgan fingerprint density at radius 3 is 2.28 bits per heavy atom. The highest BCUT2D eigenvalue weighted by molar-refractivity contribution is 14.0. The highest BCUT2D eigenvalue weighted by Gasteiger charge is 2.40. The fourth-order valence-corrected chi connectivity index (χ4v) is 4.94. The van der Waals surface area contributed by atoms with Crippen LogP contribution in [0.1, 0.15) is 25.7 Å². The van der Waals surface area contributed by atoms with E-state index in [1.54, 1.807) is 0 Å². The molecular formula is C22H36IN5O. The van der Waals surface area contributed by atoms with E-state index in [0.29, 0.717) is 0 Å². The number of guanidine groups is 1. The summed E-state index contributed by atoms with van der Waals surface area (Å²) in [6.45, 7) is 9.29. The van der Waals surface area contributed by atoms with Gasteiger partial charge in [0.25, 0.3) is 0 Å². The van der Waals surface area contributed by atoms with Gasteiger partial charge in [-0.15, -0.1) is 24.0 Å². The quantitative estimate of drug-likeness (QED) is 0.381. The van der Waals surface area contributed by atoms with Gasteiger partial charge in [-0.2, -0.15) is 0 Å². The minimum atomic E-state index is 0. The van der Waals surface area contributed by atoms with Gasteiger partial charge in [0.1, 0.15) is 0 Å². The van der Waals surface area contributed by atoms with Crippen LogP contribution < -0.4 is 10.2 Å². The maximum Gasteiger partial charge on any atom is 0.193 e. The van der Waals surface area contributed by atoms with Crippen molar-refractivity contribution >= 4 is 35.6 Å². The second kappa shape index (κ2) is 10.8. The summed E-state index contributed by atoms with van der Waals surface area (Å²) in [5.41, 5.74) is 1.55. The van der Waals surface area contributed by atoms with E-state index in [2.05, 4.69) is 55.3 Å². The van der Waals surface area contributed by atoms with Crippen LogP contribution in [0.15, 0.2) is 35.3 Å². The lowest BCUT2D eigenvalue weighted by atomic mass is 9.88. The standard InChI is InChI=1S/C22H35N5O.HI/c1-23-21(26-15-13-25(14-16-26)20-7-3-2-4-8-20)24-19-22(9-17-28-18-10-22)27-11-5-6-12-27;/h2-4,7-8H,5-6,9-19H2,1H3,(H,23,24);1H. The molecule has 0 amide bonds. The molecule has 4 rings (SSSR count). The average Bonchev–Trinajstić information content (AvgIpc) is 3.32. The Kier molecular flexibility index (Phi) is 8.44. The summed E-state index contributed by atoms with van der Waals surface area (Å²) < 4.78 is 5.69. The number of benzene rings is 1. The van der Waals surface area contributed by atoms with Gasteiger partial charge in [-0.25, -0.2) is 0 Å². The van der Waals surface area contributed by atoms with Gasteiger partial charge in [0, 0.05) is 64.2 Å². The molecule has 7 heteroatoms. The fourth-order valence-electron chi connectivity index (χ4n) is 4.94. The number of aliphatic imine (C=N–C) groups is 1. The average molecular weight is 513 g/mol. The van der Waals surface area contributed by atoms with Crippen LogP contribution in [0.2, 0.25) is 0 Å². The van der Waals surface area contributed by atoms with E-state index in [-0.39, 0.29) is 29.5 Å². The van der Waals surface area contributed by atoms with Crippen LogP contribution in [-0.2, 0) is 4.74 Å². The molecular weight excluding hydrogens is 477 g/mol. The van der Waals surface area contributed by atoms with Crippen molar-refractivity contribution in [3.05, 3.63) is 30.3 Å². The van der Waals surface area contributed by atoms with Gasteiger partial charge in [-0.05, 0) is 50.9 Å². The molecule has 162 valence electrons. The molecule has 6 nitrogen and oxygen atoms in total. The summed E-state index contributed by atoms with van der Waals surface area (Å²) in [4.78, 5) is 12.2. The maximum atomic E-state index is 5.69. The molecule has 3 heterocycles. The zero-order valence-electron chi connectivity index (χ0n) is 17.7. The smallest absolute Gasteiger partial charge is 0.193 e. The number of nitrogens with one attached hydrogen (secondary N) is 1. The summed E-state index contributed by atoms with van der Waals surface area (Å²) in [5.74, 6) is 1.05. The highest BCUT2D eigenvalue weighted by Crippen LogP contribution is 2.30. The predicted octanol–water partition coefficient (Wildman–Crippen LogP) is 2.65. The number of halogens is 1. The molecule has 3 saturated heterocycles. The molecule has 0 bridgehead atoms. The molecule has 0 atom stereocenters. The normalized spacial score (nSPS) is 23.0. The molecule has 3 fully saturated rings. The number of ether oxygens (including phenoxy) is 1. The minimum absolute atomic E-state index is 0. The summed E-state index contributed by atoms with van der Waals surface area (Å²) in [7, 11) is 1.92. The van der Waals surface area contributed by atoms with Gasteiger partial charge in [0.15, 0.2) is 5.96 Å². The lowest BCUT2D eigenvalue weighted by molar-refractivity contribution is -0.0166. The van der Waals surface area contributed by atoms with E-state index in [9.17, 15) is 0 Å². The van der Waals surface area contributed by atoms with Crippen LogP contribution >= 0.6 is 24.0 Å².